The average molecular weight is 186 g/mol. The Balaban J connectivity index is 2.93. The minimum atomic E-state index is 0.330. The van der Waals surface area contributed by atoms with Gasteiger partial charge in [-0.05, 0) is 11.6 Å². The van der Waals surface area contributed by atoms with E-state index >= 15 is 0 Å². The van der Waals surface area contributed by atoms with Gasteiger partial charge in [0.15, 0.2) is 0 Å². The molecular formula is C8H8ClNO2. The van der Waals surface area contributed by atoms with Gasteiger partial charge in [-0.1, -0.05) is 11.6 Å². The maximum atomic E-state index is 10.1. The molecule has 0 saturated heterocycles. The Bertz CT molecular complexity index is 288. The highest BCUT2D eigenvalue weighted by molar-refractivity contribution is 6.31. The molecule has 0 amide bonds. The number of carbonyl (C=O) groups excluding carboxylic acids is 1. The van der Waals surface area contributed by atoms with Crippen molar-refractivity contribution < 1.29 is 9.53 Å². The van der Waals surface area contributed by atoms with Crippen molar-refractivity contribution in [3.05, 3.63) is 22.8 Å². The normalized spacial score (nSPS) is 9.50. The molecule has 12 heavy (non-hydrogen) atoms. The van der Waals surface area contributed by atoms with E-state index in [1.54, 1.807) is 12.3 Å². The summed E-state index contributed by atoms with van der Waals surface area (Å²) in [7, 11) is 1.49. The largest absolute Gasteiger partial charge is 0.480 e. The molecule has 1 heterocycles. The van der Waals surface area contributed by atoms with Crippen molar-refractivity contribution in [1.29, 1.82) is 0 Å². The summed E-state index contributed by atoms with van der Waals surface area (Å²) in [6, 6.07) is 1.67. The van der Waals surface area contributed by atoms with Crippen molar-refractivity contribution in [2.45, 2.75) is 6.42 Å². The van der Waals surface area contributed by atoms with E-state index in [0.29, 0.717) is 17.3 Å². The average Bonchev–Trinajstić information content (AvgIpc) is 2.05. The van der Waals surface area contributed by atoms with Gasteiger partial charge in [0.25, 0.3) is 0 Å². The Labute approximate surface area is 75.3 Å². The third-order valence-electron chi connectivity index (χ3n) is 1.38. The van der Waals surface area contributed by atoms with Gasteiger partial charge < -0.3 is 9.53 Å². The van der Waals surface area contributed by atoms with E-state index in [4.69, 9.17) is 16.3 Å². The van der Waals surface area contributed by atoms with E-state index in [-0.39, 0.29) is 0 Å². The van der Waals surface area contributed by atoms with Gasteiger partial charge in [-0.25, -0.2) is 4.98 Å². The van der Waals surface area contributed by atoms with Crippen LogP contribution in [0.2, 0.25) is 5.02 Å². The summed E-state index contributed by atoms with van der Waals surface area (Å²) < 4.78 is 4.85. The predicted octanol–water partition coefficient (Wildman–Crippen LogP) is 1.48. The summed E-state index contributed by atoms with van der Waals surface area (Å²) in [4.78, 5) is 14.0. The molecule has 1 rings (SSSR count). The van der Waals surface area contributed by atoms with Crippen LogP contribution in [0.5, 0.6) is 5.88 Å². The van der Waals surface area contributed by atoms with Crippen LogP contribution in [-0.2, 0) is 11.2 Å². The van der Waals surface area contributed by atoms with Gasteiger partial charge in [0.05, 0.1) is 7.11 Å². The minimum Gasteiger partial charge on any atom is -0.480 e. The zero-order valence-corrected chi connectivity index (χ0v) is 7.34. The van der Waals surface area contributed by atoms with E-state index in [0.717, 1.165) is 11.8 Å². The highest BCUT2D eigenvalue weighted by Crippen LogP contribution is 2.21. The molecule has 0 N–H and O–H groups in total. The van der Waals surface area contributed by atoms with Crippen LogP contribution < -0.4 is 4.74 Å². The summed E-state index contributed by atoms with van der Waals surface area (Å²) >= 11 is 5.76. The van der Waals surface area contributed by atoms with Crippen LogP contribution in [0, 0.1) is 0 Å². The number of aldehydes is 1. The quantitative estimate of drug-likeness (QED) is 0.670. The van der Waals surface area contributed by atoms with Crippen molar-refractivity contribution in [2.24, 2.45) is 0 Å². The summed E-state index contributed by atoms with van der Waals surface area (Å²) in [5.74, 6) is 0.381. The zero-order chi connectivity index (χ0) is 8.97. The number of pyridine rings is 1. The van der Waals surface area contributed by atoms with E-state index in [1.807, 2.05) is 0 Å². The van der Waals surface area contributed by atoms with Crippen molar-refractivity contribution in [2.75, 3.05) is 7.11 Å². The Morgan fingerprint density at radius 2 is 2.50 bits per heavy atom. The van der Waals surface area contributed by atoms with Gasteiger partial charge in [0.1, 0.15) is 11.3 Å². The molecule has 0 atom stereocenters. The van der Waals surface area contributed by atoms with Gasteiger partial charge in [0, 0.05) is 12.6 Å². The third-order valence-corrected chi connectivity index (χ3v) is 1.65. The lowest BCUT2D eigenvalue weighted by atomic mass is 10.2. The number of hydrogen-bond donors (Lipinski definition) is 0. The number of halogens is 1. The lowest BCUT2D eigenvalue weighted by Crippen LogP contribution is -1.92. The third kappa shape index (κ3) is 1.95. The van der Waals surface area contributed by atoms with Gasteiger partial charge in [-0.2, -0.15) is 0 Å². The maximum absolute atomic E-state index is 10.1. The Morgan fingerprint density at radius 3 is 3.00 bits per heavy atom. The molecule has 0 radical (unpaired) electrons. The number of nitrogens with zero attached hydrogens (tertiary/aromatic N) is 1. The fraction of sp³-hybridized carbons (Fsp3) is 0.250. The van der Waals surface area contributed by atoms with E-state index in [1.165, 1.54) is 7.11 Å². The van der Waals surface area contributed by atoms with Gasteiger partial charge >= 0.3 is 0 Å². The summed E-state index contributed by atoms with van der Waals surface area (Å²) in [6.07, 6.45) is 2.70. The number of ether oxygens (including phenoxy) is 1. The Hall–Kier alpha value is -1.09. The Morgan fingerprint density at radius 1 is 1.75 bits per heavy atom. The molecule has 0 aliphatic heterocycles. The molecule has 1 aromatic rings. The summed E-state index contributed by atoms with van der Waals surface area (Å²) in [6.45, 7) is 0. The van der Waals surface area contributed by atoms with E-state index in [2.05, 4.69) is 4.98 Å². The number of rotatable bonds is 3. The van der Waals surface area contributed by atoms with E-state index < -0.39 is 0 Å². The molecule has 0 spiro atoms. The molecule has 0 fully saturated rings. The summed E-state index contributed by atoms with van der Waals surface area (Å²) in [5, 5.41) is 0.428. The molecule has 1 aromatic heterocycles. The minimum absolute atomic E-state index is 0.330. The molecule has 0 bridgehead atoms. The fourth-order valence-electron chi connectivity index (χ4n) is 0.823. The zero-order valence-electron chi connectivity index (χ0n) is 6.58. The maximum Gasteiger partial charge on any atom is 0.232 e. The van der Waals surface area contributed by atoms with Crippen LogP contribution in [0.25, 0.3) is 0 Å². The highest BCUT2D eigenvalue weighted by atomic mass is 35.5. The van der Waals surface area contributed by atoms with Crippen LogP contribution in [0.15, 0.2) is 12.3 Å². The number of carbonyl (C=O) groups is 1. The lowest BCUT2D eigenvalue weighted by molar-refractivity contribution is -0.107. The van der Waals surface area contributed by atoms with Crippen molar-refractivity contribution in [1.82, 2.24) is 4.98 Å². The smallest absolute Gasteiger partial charge is 0.232 e. The topological polar surface area (TPSA) is 39.2 Å². The molecule has 0 aromatic carbocycles. The first-order chi connectivity index (χ1) is 5.77. The van der Waals surface area contributed by atoms with Crippen LogP contribution in [0.1, 0.15) is 5.56 Å². The lowest BCUT2D eigenvalue weighted by Gasteiger charge is -2.01. The molecule has 3 nitrogen and oxygen atoms in total. The first-order valence-corrected chi connectivity index (χ1v) is 3.77. The second kappa shape index (κ2) is 4.07. The number of hydrogen-bond acceptors (Lipinski definition) is 3. The van der Waals surface area contributed by atoms with E-state index in [9.17, 15) is 4.79 Å². The monoisotopic (exact) mass is 185 g/mol. The SMILES string of the molecule is COc1ncc(CC=O)cc1Cl. The van der Waals surface area contributed by atoms with Crippen molar-refractivity contribution >= 4 is 17.9 Å². The molecule has 0 aliphatic rings. The molecular weight excluding hydrogens is 178 g/mol. The van der Waals surface area contributed by atoms with Gasteiger partial charge in [-0.3, -0.25) is 0 Å². The van der Waals surface area contributed by atoms with Crippen molar-refractivity contribution in [3.63, 3.8) is 0 Å². The first-order valence-electron chi connectivity index (χ1n) is 3.40. The molecule has 0 aliphatic carbocycles. The predicted molar refractivity (Wildman–Crippen MR) is 45.6 cm³/mol. The van der Waals surface area contributed by atoms with Gasteiger partial charge in [0.2, 0.25) is 5.88 Å². The van der Waals surface area contributed by atoms with Crippen LogP contribution in [0.3, 0.4) is 0 Å². The molecule has 4 heteroatoms. The van der Waals surface area contributed by atoms with Gasteiger partial charge in [-0.15, -0.1) is 0 Å². The standard InChI is InChI=1S/C8H8ClNO2/c1-12-8-7(9)4-6(2-3-11)5-10-8/h3-5H,2H2,1H3. The van der Waals surface area contributed by atoms with Crippen LogP contribution in [0.4, 0.5) is 0 Å². The van der Waals surface area contributed by atoms with Crippen LogP contribution >= 0.6 is 11.6 Å². The molecule has 0 saturated carbocycles. The second-order valence-corrected chi connectivity index (χ2v) is 2.61. The van der Waals surface area contributed by atoms with Crippen molar-refractivity contribution in [3.8, 4) is 5.88 Å². The highest BCUT2D eigenvalue weighted by Gasteiger charge is 2.02. The second-order valence-electron chi connectivity index (χ2n) is 2.21. The summed E-state index contributed by atoms with van der Waals surface area (Å²) in [5.41, 5.74) is 0.788. The van der Waals surface area contributed by atoms with Crippen LogP contribution in [-0.4, -0.2) is 18.4 Å². The fourth-order valence-corrected chi connectivity index (χ4v) is 1.09. The number of methoxy groups -OCH3 is 1. The Kier molecular flexibility index (Phi) is 3.05. The first kappa shape index (κ1) is 9.00. The number of aromatic nitrogens is 1. The molecule has 64 valence electrons. The molecule has 0 unspecified atom stereocenters.